The van der Waals surface area contributed by atoms with Crippen molar-refractivity contribution in [2.24, 2.45) is 0 Å². The molecule has 1 atom stereocenters. The van der Waals surface area contributed by atoms with Crippen LogP contribution in [0.15, 0.2) is 59.1 Å². The lowest BCUT2D eigenvalue weighted by Crippen LogP contribution is -2.46. The number of para-hydroxylation sites is 2. The average Bonchev–Trinajstić information content (AvgIpc) is 3.23. The maximum atomic E-state index is 12.8. The summed E-state index contributed by atoms with van der Waals surface area (Å²) in [6.45, 7) is 4.16. The first-order valence-corrected chi connectivity index (χ1v) is 9.91. The average molecular weight is 412 g/mol. The van der Waals surface area contributed by atoms with E-state index < -0.39 is 0 Å². The summed E-state index contributed by atoms with van der Waals surface area (Å²) in [6, 6.07) is 16.8. The van der Waals surface area contributed by atoms with Crippen LogP contribution in [0.2, 0.25) is 5.02 Å². The molecule has 6 nitrogen and oxygen atoms in total. The molecule has 0 saturated heterocycles. The molecule has 0 saturated carbocycles. The summed E-state index contributed by atoms with van der Waals surface area (Å²) < 4.78 is 11.5. The second kappa shape index (κ2) is 8.17. The molecule has 1 aromatic heterocycles. The minimum Gasteiger partial charge on any atom is -0.485 e. The van der Waals surface area contributed by atoms with Gasteiger partial charge in [-0.1, -0.05) is 41.0 Å². The first-order chi connectivity index (χ1) is 14.0. The number of amides is 1. The number of hydrogen-bond donors (Lipinski definition) is 0. The number of halogens is 1. The summed E-state index contributed by atoms with van der Waals surface area (Å²) in [5, 5.41) is 4.54. The zero-order valence-electron chi connectivity index (χ0n) is 16.3. The van der Waals surface area contributed by atoms with Gasteiger partial charge < -0.3 is 19.1 Å². The maximum absolute atomic E-state index is 12.8. The van der Waals surface area contributed by atoms with E-state index in [0.717, 1.165) is 30.1 Å². The predicted octanol–water partition coefficient (Wildman–Crippen LogP) is 4.35. The molecule has 0 bridgehead atoms. The van der Waals surface area contributed by atoms with Crippen molar-refractivity contribution in [1.29, 1.82) is 0 Å². The first kappa shape index (κ1) is 19.3. The Balaban J connectivity index is 1.45. The van der Waals surface area contributed by atoms with Crippen molar-refractivity contribution >= 4 is 23.2 Å². The van der Waals surface area contributed by atoms with E-state index in [0.29, 0.717) is 17.3 Å². The summed E-state index contributed by atoms with van der Waals surface area (Å²) in [7, 11) is 1.75. The lowest BCUT2D eigenvalue weighted by Gasteiger charge is -2.37. The summed E-state index contributed by atoms with van der Waals surface area (Å²) in [4.78, 5) is 16.7. The minimum absolute atomic E-state index is 0.127. The molecule has 1 aliphatic rings. The monoisotopic (exact) mass is 411 g/mol. The first-order valence-electron chi connectivity index (χ1n) is 9.54. The molecule has 2 aromatic carbocycles. The summed E-state index contributed by atoms with van der Waals surface area (Å²) in [5.74, 6) is 1.13. The summed E-state index contributed by atoms with van der Waals surface area (Å²) in [6.07, 6.45) is -0.127. The molecule has 0 radical (unpaired) electrons. The molecule has 29 heavy (non-hydrogen) atoms. The van der Waals surface area contributed by atoms with Crippen LogP contribution in [0.3, 0.4) is 0 Å². The standard InChI is InChI=1S/C22H22ClN3O3/c1-3-26-14-17(28-20-10-5-4-9-19(20)26)13-25(2)22(27)18-12-21(29-24-18)15-7-6-8-16(23)11-15/h4-12,17H,3,13-14H2,1-2H3/t17-/m1/s1. The molecule has 0 unspecified atom stereocenters. The molecule has 2 heterocycles. The number of aromatic nitrogens is 1. The van der Waals surface area contributed by atoms with Crippen LogP contribution >= 0.6 is 11.6 Å². The number of carbonyl (C=O) groups is 1. The minimum atomic E-state index is -0.215. The Morgan fingerprint density at radius 1 is 1.24 bits per heavy atom. The van der Waals surface area contributed by atoms with Crippen molar-refractivity contribution in [3.05, 3.63) is 65.3 Å². The number of benzene rings is 2. The van der Waals surface area contributed by atoms with Gasteiger partial charge in [0.15, 0.2) is 11.5 Å². The molecule has 3 aromatic rings. The molecule has 1 aliphatic heterocycles. The number of rotatable bonds is 5. The van der Waals surface area contributed by atoms with E-state index in [2.05, 4.69) is 23.0 Å². The van der Waals surface area contributed by atoms with E-state index in [1.165, 1.54) is 0 Å². The SMILES string of the molecule is CCN1C[C@@H](CN(C)C(=O)c2cc(-c3cccc(Cl)c3)on2)Oc2ccccc21. The molecule has 0 N–H and O–H groups in total. The van der Waals surface area contributed by atoms with Crippen LogP contribution in [0.25, 0.3) is 11.3 Å². The third-order valence-corrected chi connectivity index (χ3v) is 5.20. The zero-order valence-corrected chi connectivity index (χ0v) is 17.1. The quantitative estimate of drug-likeness (QED) is 0.624. The van der Waals surface area contributed by atoms with E-state index in [-0.39, 0.29) is 17.7 Å². The fraction of sp³-hybridized carbons (Fsp3) is 0.273. The van der Waals surface area contributed by atoms with Crippen molar-refractivity contribution in [3.63, 3.8) is 0 Å². The van der Waals surface area contributed by atoms with Crippen LogP contribution in [0.4, 0.5) is 5.69 Å². The largest absolute Gasteiger partial charge is 0.485 e. The second-order valence-electron chi connectivity index (χ2n) is 7.02. The highest BCUT2D eigenvalue weighted by molar-refractivity contribution is 6.30. The zero-order chi connectivity index (χ0) is 20.4. The van der Waals surface area contributed by atoms with E-state index in [9.17, 15) is 4.79 Å². The molecule has 7 heteroatoms. The molecular formula is C22H22ClN3O3. The molecule has 0 aliphatic carbocycles. The van der Waals surface area contributed by atoms with E-state index >= 15 is 0 Å². The van der Waals surface area contributed by atoms with Gasteiger partial charge >= 0.3 is 0 Å². The van der Waals surface area contributed by atoms with Gasteiger partial charge in [0.2, 0.25) is 0 Å². The van der Waals surface area contributed by atoms with Crippen LogP contribution in [0.5, 0.6) is 5.75 Å². The van der Waals surface area contributed by atoms with Gasteiger partial charge in [-0.3, -0.25) is 4.79 Å². The molecule has 0 spiro atoms. The maximum Gasteiger partial charge on any atom is 0.275 e. The number of likely N-dealkylation sites (N-methyl/N-ethyl adjacent to an activating group) is 2. The lowest BCUT2D eigenvalue weighted by atomic mass is 10.1. The Morgan fingerprint density at radius 3 is 2.86 bits per heavy atom. The van der Waals surface area contributed by atoms with Crippen LogP contribution in [-0.4, -0.2) is 48.7 Å². The highest BCUT2D eigenvalue weighted by atomic mass is 35.5. The number of ether oxygens (including phenoxy) is 1. The van der Waals surface area contributed by atoms with E-state index in [1.807, 2.05) is 30.3 Å². The van der Waals surface area contributed by atoms with Crippen LogP contribution in [0.1, 0.15) is 17.4 Å². The number of anilines is 1. The van der Waals surface area contributed by atoms with Crippen molar-refractivity contribution in [3.8, 4) is 17.1 Å². The van der Waals surface area contributed by atoms with Gasteiger partial charge in [-0.2, -0.15) is 0 Å². The van der Waals surface area contributed by atoms with Crippen molar-refractivity contribution in [1.82, 2.24) is 10.1 Å². The number of fused-ring (bicyclic) bond motifs is 1. The Labute approximate surface area is 174 Å². The van der Waals surface area contributed by atoms with Crippen molar-refractivity contribution < 1.29 is 14.1 Å². The summed E-state index contributed by atoms with van der Waals surface area (Å²) >= 11 is 6.03. The van der Waals surface area contributed by atoms with Crippen LogP contribution < -0.4 is 9.64 Å². The van der Waals surface area contributed by atoms with Gasteiger partial charge in [-0.15, -0.1) is 0 Å². The molecule has 0 fully saturated rings. The van der Waals surface area contributed by atoms with Gasteiger partial charge in [0.25, 0.3) is 5.91 Å². The highest BCUT2D eigenvalue weighted by Gasteiger charge is 2.28. The highest BCUT2D eigenvalue weighted by Crippen LogP contribution is 2.33. The predicted molar refractivity (Wildman–Crippen MR) is 113 cm³/mol. The van der Waals surface area contributed by atoms with E-state index in [4.69, 9.17) is 20.9 Å². The lowest BCUT2D eigenvalue weighted by molar-refractivity contribution is 0.0700. The van der Waals surface area contributed by atoms with Gasteiger partial charge in [0.05, 0.1) is 18.8 Å². The van der Waals surface area contributed by atoms with Crippen molar-refractivity contribution in [2.75, 3.05) is 31.6 Å². The van der Waals surface area contributed by atoms with Gasteiger partial charge in [0.1, 0.15) is 11.9 Å². The molecule has 1 amide bonds. The smallest absolute Gasteiger partial charge is 0.275 e. The van der Waals surface area contributed by atoms with Gasteiger partial charge in [-0.25, -0.2) is 0 Å². The third-order valence-electron chi connectivity index (χ3n) is 4.97. The molecular weight excluding hydrogens is 390 g/mol. The normalized spacial score (nSPS) is 15.6. The Hall–Kier alpha value is -2.99. The second-order valence-corrected chi connectivity index (χ2v) is 7.46. The van der Waals surface area contributed by atoms with Gasteiger partial charge in [-0.05, 0) is 31.2 Å². The number of hydrogen-bond acceptors (Lipinski definition) is 5. The van der Waals surface area contributed by atoms with Gasteiger partial charge in [0, 0.05) is 30.2 Å². The van der Waals surface area contributed by atoms with Crippen molar-refractivity contribution in [2.45, 2.75) is 13.0 Å². The third kappa shape index (κ3) is 4.07. The topological polar surface area (TPSA) is 58.8 Å². The molecule has 4 rings (SSSR count). The van der Waals surface area contributed by atoms with E-state index in [1.54, 1.807) is 30.1 Å². The molecule has 150 valence electrons. The number of carbonyl (C=O) groups excluding carboxylic acids is 1. The summed E-state index contributed by atoms with van der Waals surface area (Å²) in [5.41, 5.74) is 2.12. The Morgan fingerprint density at radius 2 is 2.07 bits per heavy atom. The number of nitrogens with zero attached hydrogens (tertiary/aromatic N) is 3. The Kier molecular flexibility index (Phi) is 5.45. The van der Waals surface area contributed by atoms with Crippen LogP contribution in [0, 0.1) is 0 Å². The van der Waals surface area contributed by atoms with Crippen LogP contribution in [-0.2, 0) is 0 Å². The Bertz CT molecular complexity index is 1020. The fourth-order valence-corrected chi connectivity index (χ4v) is 3.70. The fourth-order valence-electron chi connectivity index (χ4n) is 3.51.